The molecule has 1 aliphatic rings. The van der Waals surface area contributed by atoms with Crippen LogP contribution in [0.25, 0.3) is 0 Å². The van der Waals surface area contributed by atoms with E-state index in [1.54, 1.807) is 12.3 Å². The standard InChI is InChI=1S/C12H11NO2/c14-10-4-2-1-3-9(10)12(6-7-12)11-5-8-13-15-11/h1-5,8,14H,6-7H2. The summed E-state index contributed by atoms with van der Waals surface area (Å²) in [6.07, 6.45) is 3.68. The lowest BCUT2D eigenvalue weighted by Gasteiger charge is -2.13. The Kier molecular flexibility index (Phi) is 1.63. The summed E-state index contributed by atoms with van der Waals surface area (Å²) >= 11 is 0. The zero-order valence-corrected chi connectivity index (χ0v) is 8.18. The van der Waals surface area contributed by atoms with Gasteiger partial charge in [0, 0.05) is 11.6 Å². The third-order valence-corrected chi connectivity index (χ3v) is 3.08. The topological polar surface area (TPSA) is 46.3 Å². The molecule has 1 heterocycles. The van der Waals surface area contributed by atoms with E-state index in [-0.39, 0.29) is 5.41 Å². The van der Waals surface area contributed by atoms with Crippen molar-refractivity contribution in [1.29, 1.82) is 0 Å². The fraction of sp³-hybridized carbons (Fsp3) is 0.250. The number of para-hydroxylation sites is 1. The number of aromatic hydroxyl groups is 1. The molecule has 0 radical (unpaired) electrons. The number of nitrogens with zero attached hydrogens (tertiary/aromatic N) is 1. The van der Waals surface area contributed by atoms with Crippen molar-refractivity contribution in [3.63, 3.8) is 0 Å². The van der Waals surface area contributed by atoms with Crippen molar-refractivity contribution in [3.05, 3.63) is 47.9 Å². The highest BCUT2D eigenvalue weighted by molar-refractivity contribution is 5.47. The lowest BCUT2D eigenvalue weighted by molar-refractivity contribution is 0.362. The maximum absolute atomic E-state index is 9.82. The Morgan fingerprint density at radius 2 is 2.00 bits per heavy atom. The van der Waals surface area contributed by atoms with Crippen LogP contribution in [0.15, 0.2) is 41.1 Å². The van der Waals surface area contributed by atoms with Gasteiger partial charge in [-0.1, -0.05) is 23.4 Å². The highest BCUT2D eigenvalue weighted by atomic mass is 16.5. The van der Waals surface area contributed by atoms with E-state index in [1.165, 1.54) is 0 Å². The molecule has 0 atom stereocenters. The lowest BCUT2D eigenvalue weighted by Crippen LogP contribution is -2.07. The van der Waals surface area contributed by atoms with Gasteiger partial charge in [0.15, 0.2) is 0 Å². The first-order chi connectivity index (χ1) is 7.33. The van der Waals surface area contributed by atoms with Gasteiger partial charge in [-0.2, -0.15) is 0 Å². The Labute approximate surface area is 87.3 Å². The first-order valence-electron chi connectivity index (χ1n) is 5.02. The van der Waals surface area contributed by atoms with Crippen molar-refractivity contribution < 1.29 is 9.63 Å². The van der Waals surface area contributed by atoms with Gasteiger partial charge in [-0.15, -0.1) is 0 Å². The summed E-state index contributed by atoms with van der Waals surface area (Å²) in [5.41, 5.74) is 0.823. The van der Waals surface area contributed by atoms with E-state index in [4.69, 9.17) is 4.52 Å². The van der Waals surface area contributed by atoms with Gasteiger partial charge in [0.1, 0.15) is 11.5 Å². The number of hydrogen-bond acceptors (Lipinski definition) is 3. The Hall–Kier alpha value is -1.77. The largest absolute Gasteiger partial charge is 0.508 e. The number of hydrogen-bond donors (Lipinski definition) is 1. The quantitative estimate of drug-likeness (QED) is 0.811. The fourth-order valence-electron chi connectivity index (χ4n) is 2.11. The van der Waals surface area contributed by atoms with Crippen LogP contribution < -0.4 is 0 Å². The van der Waals surface area contributed by atoms with Crippen molar-refractivity contribution in [2.75, 3.05) is 0 Å². The molecule has 1 fully saturated rings. The molecule has 0 amide bonds. The number of benzene rings is 1. The van der Waals surface area contributed by atoms with E-state index in [0.717, 1.165) is 24.2 Å². The van der Waals surface area contributed by atoms with E-state index in [1.807, 2.05) is 24.3 Å². The van der Waals surface area contributed by atoms with Crippen LogP contribution in [-0.4, -0.2) is 10.3 Å². The van der Waals surface area contributed by atoms with Gasteiger partial charge in [-0.3, -0.25) is 0 Å². The third-order valence-electron chi connectivity index (χ3n) is 3.08. The van der Waals surface area contributed by atoms with Crippen molar-refractivity contribution in [1.82, 2.24) is 5.16 Å². The van der Waals surface area contributed by atoms with Gasteiger partial charge >= 0.3 is 0 Å². The van der Waals surface area contributed by atoms with Gasteiger partial charge in [-0.25, -0.2) is 0 Å². The predicted octanol–water partition coefficient (Wildman–Crippen LogP) is 2.46. The number of aromatic nitrogens is 1. The van der Waals surface area contributed by atoms with Crippen LogP contribution in [-0.2, 0) is 5.41 Å². The van der Waals surface area contributed by atoms with Crippen LogP contribution >= 0.6 is 0 Å². The molecule has 1 aromatic heterocycles. The van der Waals surface area contributed by atoms with E-state index in [9.17, 15) is 5.11 Å². The molecule has 0 aliphatic heterocycles. The van der Waals surface area contributed by atoms with Gasteiger partial charge in [0.2, 0.25) is 0 Å². The summed E-state index contributed by atoms with van der Waals surface area (Å²) in [6.45, 7) is 0. The minimum Gasteiger partial charge on any atom is -0.508 e. The second kappa shape index (κ2) is 2.86. The summed E-state index contributed by atoms with van der Waals surface area (Å²) in [5, 5.41) is 13.5. The van der Waals surface area contributed by atoms with Crippen molar-refractivity contribution in [2.24, 2.45) is 0 Å². The average Bonchev–Trinajstić information content (AvgIpc) is 2.87. The molecule has 3 heteroatoms. The SMILES string of the molecule is Oc1ccccc1C1(c2ccno2)CC1. The molecule has 2 aromatic rings. The third kappa shape index (κ3) is 1.16. The average molecular weight is 201 g/mol. The first-order valence-corrected chi connectivity index (χ1v) is 5.02. The monoisotopic (exact) mass is 201 g/mol. The maximum Gasteiger partial charge on any atom is 0.147 e. The van der Waals surface area contributed by atoms with E-state index in [0.29, 0.717) is 5.75 Å². The molecule has 1 saturated carbocycles. The predicted molar refractivity (Wildman–Crippen MR) is 54.6 cm³/mol. The Balaban J connectivity index is 2.12. The van der Waals surface area contributed by atoms with E-state index < -0.39 is 0 Å². The highest BCUT2D eigenvalue weighted by Crippen LogP contribution is 2.55. The molecule has 3 rings (SSSR count). The van der Waals surface area contributed by atoms with Crippen LogP contribution in [0.3, 0.4) is 0 Å². The zero-order valence-electron chi connectivity index (χ0n) is 8.18. The second-order valence-electron chi connectivity index (χ2n) is 3.98. The molecule has 0 spiro atoms. The minimum atomic E-state index is -0.123. The van der Waals surface area contributed by atoms with Crippen LogP contribution in [0.2, 0.25) is 0 Å². The highest BCUT2D eigenvalue weighted by Gasteiger charge is 2.50. The molecule has 1 aliphatic carbocycles. The van der Waals surface area contributed by atoms with Gasteiger partial charge in [0.05, 0.1) is 11.6 Å². The molecular formula is C12H11NO2. The minimum absolute atomic E-state index is 0.123. The molecule has 1 aromatic carbocycles. The lowest BCUT2D eigenvalue weighted by atomic mass is 9.92. The summed E-state index contributed by atoms with van der Waals surface area (Å²) < 4.78 is 5.21. The Bertz CT molecular complexity index is 472. The van der Waals surface area contributed by atoms with Crippen LogP contribution in [0.1, 0.15) is 24.2 Å². The van der Waals surface area contributed by atoms with Gasteiger partial charge < -0.3 is 9.63 Å². The fourth-order valence-corrected chi connectivity index (χ4v) is 2.11. The summed E-state index contributed by atoms with van der Waals surface area (Å²) in [5.74, 6) is 1.19. The van der Waals surface area contributed by atoms with Crippen molar-refractivity contribution >= 4 is 0 Å². The summed E-state index contributed by atoms with van der Waals surface area (Å²) in [4.78, 5) is 0. The zero-order chi connectivity index (χ0) is 10.3. The van der Waals surface area contributed by atoms with Crippen LogP contribution in [0, 0.1) is 0 Å². The summed E-state index contributed by atoms with van der Waals surface area (Å²) in [6, 6.07) is 9.30. The smallest absolute Gasteiger partial charge is 0.147 e. The van der Waals surface area contributed by atoms with Gasteiger partial charge in [-0.05, 0) is 18.9 Å². The molecule has 0 bridgehead atoms. The van der Waals surface area contributed by atoms with Crippen molar-refractivity contribution in [3.8, 4) is 5.75 Å². The molecule has 1 N–H and O–H groups in total. The molecule has 76 valence electrons. The Morgan fingerprint density at radius 1 is 1.20 bits per heavy atom. The normalized spacial score (nSPS) is 17.6. The van der Waals surface area contributed by atoms with Crippen LogP contribution in [0.5, 0.6) is 5.75 Å². The molecule has 15 heavy (non-hydrogen) atoms. The molecule has 0 saturated heterocycles. The van der Waals surface area contributed by atoms with Crippen molar-refractivity contribution in [2.45, 2.75) is 18.3 Å². The molecular weight excluding hydrogens is 190 g/mol. The molecule has 0 unspecified atom stereocenters. The number of phenolic OH excluding ortho intramolecular Hbond substituents is 1. The second-order valence-corrected chi connectivity index (χ2v) is 3.98. The number of rotatable bonds is 2. The maximum atomic E-state index is 9.82. The first kappa shape index (κ1) is 8.53. The summed E-state index contributed by atoms with van der Waals surface area (Å²) in [7, 11) is 0. The molecule has 3 nitrogen and oxygen atoms in total. The van der Waals surface area contributed by atoms with Gasteiger partial charge in [0.25, 0.3) is 0 Å². The van der Waals surface area contributed by atoms with E-state index >= 15 is 0 Å². The van der Waals surface area contributed by atoms with E-state index in [2.05, 4.69) is 5.16 Å². The number of phenols is 1. The van der Waals surface area contributed by atoms with Crippen LogP contribution in [0.4, 0.5) is 0 Å². The Morgan fingerprint density at radius 3 is 2.60 bits per heavy atom.